The zero-order valence-corrected chi connectivity index (χ0v) is 22.0. The highest BCUT2D eigenvalue weighted by Gasteiger charge is 2.26. The number of nitrogens with one attached hydrogen (secondary N) is 3. The number of aromatic nitrogens is 3. The van der Waals surface area contributed by atoms with Crippen molar-refractivity contribution in [2.24, 2.45) is 0 Å². The number of nitrogens with zero attached hydrogens (tertiary/aromatic N) is 4. The molecule has 2 aliphatic rings. The fourth-order valence-electron chi connectivity index (χ4n) is 4.77. The second-order valence-electron chi connectivity index (χ2n) is 9.39. The van der Waals surface area contributed by atoms with Gasteiger partial charge in [0.1, 0.15) is 0 Å². The maximum absolute atomic E-state index is 14.2. The van der Waals surface area contributed by atoms with E-state index in [1.807, 2.05) is 0 Å². The van der Waals surface area contributed by atoms with Crippen LogP contribution in [0.4, 0.5) is 27.9 Å². The van der Waals surface area contributed by atoms with E-state index in [0.717, 1.165) is 38.8 Å². The van der Waals surface area contributed by atoms with E-state index in [1.54, 1.807) is 17.0 Å². The lowest BCUT2D eigenvalue weighted by atomic mass is 10.0. The van der Waals surface area contributed by atoms with E-state index in [1.165, 1.54) is 38.9 Å². The molecule has 10 heteroatoms. The second-order valence-corrected chi connectivity index (χ2v) is 9.39. The standard InChI is InChI=1S/C24H36FN7O.BrH/c1-31-14-12-19(13-15-31)32(2)24-29-22(26-17-8-6-4-5-7-9-17)28-23(30-24)27-18-10-11-21(33-3)20(25)16-18;/h10-11,16-17,19H,4-9,12-15H2,1-3H3,(H2,26,27,28,29,30);1H. The summed E-state index contributed by atoms with van der Waals surface area (Å²) in [7, 11) is 5.76. The fourth-order valence-corrected chi connectivity index (χ4v) is 4.77. The predicted octanol–water partition coefficient (Wildman–Crippen LogP) is 0.0149. The number of methoxy groups -OCH3 is 1. The van der Waals surface area contributed by atoms with Crippen LogP contribution in [0.2, 0.25) is 0 Å². The maximum atomic E-state index is 14.2. The van der Waals surface area contributed by atoms with Gasteiger partial charge in [-0.1, -0.05) is 25.7 Å². The Labute approximate surface area is 212 Å². The molecule has 1 aliphatic heterocycles. The SMILES string of the molecule is COc1ccc(Nc2nc(NC3CCCCCC3)nc(N(C)C3CC[NH+](C)CC3)n2)cc1F.[Br-]. The lowest BCUT2D eigenvalue weighted by molar-refractivity contribution is -0.884. The molecule has 1 saturated carbocycles. The Kier molecular flexibility index (Phi) is 9.70. The van der Waals surface area contributed by atoms with Gasteiger partial charge in [-0.05, 0) is 25.0 Å². The summed E-state index contributed by atoms with van der Waals surface area (Å²) in [4.78, 5) is 17.9. The largest absolute Gasteiger partial charge is 1.00 e. The third kappa shape index (κ3) is 6.91. The Morgan fingerprint density at radius 2 is 1.68 bits per heavy atom. The van der Waals surface area contributed by atoms with Gasteiger partial charge < -0.3 is 42.2 Å². The van der Waals surface area contributed by atoms with Gasteiger partial charge in [0.2, 0.25) is 17.8 Å². The van der Waals surface area contributed by atoms with Gasteiger partial charge in [-0.3, -0.25) is 0 Å². The molecule has 1 aliphatic carbocycles. The quantitative estimate of drug-likeness (QED) is 0.429. The van der Waals surface area contributed by atoms with Crippen LogP contribution >= 0.6 is 0 Å². The predicted molar refractivity (Wildman–Crippen MR) is 129 cm³/mol. The number of benzene rings is 1. The van der Waals surface area contributed by atoms with E-state index < -0.39 is 5.82 Å². The van der Waals surface area contributed by atoms with E-state index in [4.69, 9.17) is 14.7 Å². The van der Waals surface area contributed by atoms with Crippen molar-refractivity contribution in [2.75, 3.05) is 49.8 Å². The number of rotatable bonds is 7. The molecule has 1 aromatic heterocycles. The summed E-state index contributed by atoms with van der Waals surface area (Å²) in [5, 5.41) is 6.72. The Morgan fingerprint density at radius 1 is 1.00 bits per heavy atom. The molecule has 0 atom stereocenters. The van der Waals surface area contributed by atoms with Crippen molar-refractivity contribution in [1.29, 1.82) is 0 Å². The summed E-state index contributed by atoms with van der Waals surface area (Å²) >= 11 is 0. The molecule has 2 fully saturated rings. The van der Waals surface area contributed by atoms with Gasteiger partial charge in [-0.25, -0.2) is 4.39 Å². The van der Waals surface area contributed by atoms with Crippen molar-refractivity contribution < 1.29 is 31.0 Å². The van der Waals surface area contributed by atoms with E-state index >= 15 is 0 Å². The number of halogens is 2. The third-order valence-corrected chi connectivity index (χ3v) is 6.89. The van der Waals surface area contributed by atoms with Crippen molar-refractivity contribution in [3.8, 4) is 5.75 Å². The summed E-state index contributed by atoms with van der Waals surface area (Å²) in [6.45, 7) is 2.28. The molecule has 0 radical (unpaired) electrons. The Balaban J connectivity index is 0.00000324. The van der Waals surface area contributed by atoms with Crippen molar-refractivity contribution in [3.05, 3.63) is 24.0 Å². The van der Waals surface area contributed by atoms with Crippen LogP contribution in [0.15, 0.2) is 18.2 Å². The molecule has 0 unspecified atom stereocenters. The molecule has 8 nitrogen and oxygen atoms in total. The minimum Gasteiger partial charge on any atom is -1.00 e. The second kappa shape index (κ2) is 12.5. The molecular weight excluding hydrogens is 501 g/mol. The molecule has 4 rings (SSSR count). The molecule has 188 valence electrons. The average molecular weight is 539 g/mol. The first kappa shape index (κ1) is 26.4. The highest BCUT2D eigenvalue weighted by atomic mass is 79.9. The van der Waals surface area contributed by atoms with Gasteiger partial charge in [-0.15, -0.1) is 0 Å². The third-order valence-electron chi connectivity index (χ3n) is 6.89. The molecule has 34 heavy (non-hydrogen) atoms. The molecule has 1 aromatic carbocycles. The highest BCUT2D eigenvalue weighted by Crippen LogP contribution is 2.26. The number of ether oxygens (including phenoxy) is 1. The van der Waals surface area contributed by atoms with Crippen LogP contribution in [-0.4, -0.2) is 61.3 Å². The van der Waals surface area contributed by atoms with E-state index in [9.17, 15) is 4.39 Å². The minimum absolute atomic E-state index is 0. The Bertz CT molecular complexity index is 918. The highest BCUT2D eigenvalue weighted by molar-refractivity contribution is 5.57. The number of likely N-dealkylation sites (tertiary alicyclic amines) is 1. The molecule has 0 spiro atoms. The number of piperidine rings is 1. The van der Waals surface area contributed by atoms with Gasteiger partial charge in [0.15, 0.2) is 11.6 Å². The molecule has 1 saturated heterocycles. The Morgan fingerprint density at radius 3 is 2.32 bits per heavy atom. The normalized spacial score (nSPS) is 21.2. The van der Waals surface area contributed by atoms with Crippen LogP contribution in [0.1, 0.15) is 51.4 Å². The van der Waals surface area contributed by atoms with Crippen LogP contribution in [-0.2, 0) is 0 Å². The van der Waals surface area contributed by atoms with E-state index in [2.05, 4.69) is 34.6 Å². The van der Waals surface area contributed by atoms with Crippen molar-refractivity contribution in [1.82, 2.24) is 15.0 Å². The smallest absolute Gasteiger partial charge is 0.233 e. The minimum atomic E-state index is -0.431. The lowest BCUT2D eigenvalue weighted by Crippen LogP contribution is -3.10. The van der Waals surface area contributed by atoms with E-state index in [0.29, 0.717) is 35.6 Å². The number of hydrogen-bond acceptors (Lipinski definition) is 7. The molecular formula is C24H37BrFN7O. The van der Waals surface area contributed by atoms with Crippen LogP contribution in [0, 0.1) is 5.82 Å². The van der Waals surface area contributed by atoms with Crippen LogP contribution in [0.3, 0.4) is 0 Å². The van der Waals surface area contributed by atoms with Crippen LogP contribution < -0.4 is 42.2 Å². The molecule has 0 bridgehead atoms. The monoisotopic (exact) mass is 537 g/mol. The summed E-state index contributed by atoms with van der Waals surface area (Å²) in [5.74, 6) is 1.40. The molecule has 2 aromatic rings. The fraction of sp³-hybridized carbons (Fsp3) is 0.625. The summed E-state index contributed by atoms with van der Waals surface area (Å²) in [6.07, 6.45) is 9.49. The summed E-state index contributed by atoms with van der Waals surface area (Å²) < 4.78 is 19.2. The van der Waals surface area contributed by atoms with Crippen molar-refractivity contribution >= 4 is 23.5 Å². The van der Waals surface area contributed by atoms with Gasteiger partial charge >= 0.3 is 0 Å². The van der Waals surface area contributed by atoms with Gasteiger partial charge in [0.05, 0.1) is 27.2 Å². The van der Waals surface area contributed by atoms with E-state index in [-0.39, 0.29) is 22.7 Å². The number of hydrogen-bond donors (Lipinski definition) is 3. The maximum Gasteiger partial charge on any atom is 0.233 e. The Hall–Kier alpha value is -2.20. The molecule has 0 amide bonds. The summed E-state index contributed by atoms with van der Waals surface area (Å²) in [5.41, 5.74) is 0.566. The van der Waals surface area contributed by atoms with Crippen molar-refractivity contribution in [3.63, 3.8) is 0 Å². The first-order valence-corrected chi connectivity index (χ1v) is 12.2. The number of anilines is 4. The van der Waals surface area contributed by atoms with Crippen molar-refractivity contribution in [2.45, 2.75) is 63.5 Å². The van der Waals surface area contributed by atoms with Crippen LogP contribution in [0.25, 0.3) is 0 Å². The molecule has 2 heterocycles. The zero-order valence-electron chi connectivity index (χ0n) is 20.4. The number of quaternary nitrogens is 1. The first-order chi connectivity index (χ1) is 16.0. The molecule has 3 N–H and O–H groups in total. The van der Waals surface area contributed by atoms with Crippen LogP contribution in [0.5, 0.6) is 5.75 Å². The first-order valence-electron chi connectivity index (χ1n) is 12.2. The average Bonchev–Trinajstić information content (AvgIpc) is 3.08. The zero-order chi connectivity index (χ0) is 23.2. The van der Waals surface area contributed by atoms with Gasteiger partial charge in [0, 0.05) is 43.7 Å². The topological polar surface area (TPSA) is 79.6 Å². The van der Waals surface area contributed by atoms with Gasteiger partial charge in [0.25, 0.3) is 0 Å². The lowest BCUT2D eigenvalue weighted by Gasteiger charge is -2.33. The summed E-state index contributed by atoms with van der Waals surface area (Å²) in [6, 6.07) is 5.51. The van der Waals surface area contributed by atoms with Gasteiger partial charge in [-0.2, -0.15) is 15.0 Å².